The van der Waals surface area contributed by atoms with Gasteiger partial charge in [0.2, 0.25) is 11.7 Å². The monoisotopic (exact) mass is 275 g/mol. The van der Waals surface area contributed by atoms with E-state index in [9.17, 15) is 18.0 Å². The van der Waals surface area contributed by atoms with E-state index in [1.807, 2.05) is 0 Å². The number of primary amides is 1. The van der Waals surface area contributed by atoms with E-state index in [1.165, 1.54) is 11.0 Å². The number of hydrogen-bond acceptors (Lipinski definition) is 5. The highest BCUT2D eigenvalue weighted by atomic mass is 19.4. The molecule has 1 fully saturated rings. The fraction of sp³-hybridized carbons (Fsp3) is 0.500. The van der Waals surface area contributed by atoms with Crippen molar-refractivity contribution in [2.45, 2.75) is 25.1 Å². The lowest BCUT2D eigenvalue weighted by atomic mass is 10.2. The minimum atomic E-state index is -4.69. The third-order valence-corrected chi connectivity index (χ3v) is 2.86. The first kappa shape index (κ1) is 13.4. The van der Waals surface area contributed by atoms with Crippen LogP contribution in [0.5, 0.6) is 0 Å². The Balaban J connectivity index is 2.40. The van der Waals surface area contributed by atoms with Crippen molar-refractivity contribution in [2.75, 3.05) is 17.2 Å². The number of amides is 1. The molecule has 1 aliphatic heterocycles. The second kappa shape index (κ2) is 4.56. The summed E-state index contributed by atoms with van der Waals surface area (Å²) in [6.07, 6.45) is -3.55. The first-order chi connectivity index (χ1) is 8.79. The van der Waals surface area contributed by atoms with E-state index in [0.717, 1.165) is 0 Å². The highest BCUT2D eigenvalue weighted by Crippen LogP contribution is 2.30. The molecule has 1 atom stereocenters. The molecule has 1 unspecified atom stereocenters. The fourth-order valence-electron chi connectivity index (χ4n) is 2.06. The summed E-state index contributed by atoms with van der Waals surface area (Å²) in [5, 5.41) is 0. The number of carbonyl (C=O) groups excluding carboxylic acids is 1. The van der Waals surface area contributed by atoms with Crippen molar-refractivity contribution in [3.05, 3.63) is 11.9 Å². The van der Waals surface area contributed by atoms with Crippen molar-refractivity contribution in [1.82, 2.24) is 9.97 Å². The maximum Gasteiger partial charge on any atom is 0.451 e. The number of anilines is 2. The third-order valence-electron chi connectivity index (χ3n) is 2.86. The summed E-state index contributed by atoms with van der Waals surface area (Å²) in [6, 6.07) is 0.548. The summed E-state index contributed by atoms with van der Waals surface area (Å²) in [5.74, 6) is -2.24. The van der Waals surface area contributed by atoms with Crippen LogP contribution in [0, 0.1) is 0 Å². The molecule has 0 bridgehead atoms. The third kappa shape index (κ3) is 2.69. The smallest absolute Gasteiger partial charge is 0.384 e. The van der Waals surface area contributed by atoms with E-state index in [2.05, 4.69) is 9.97 Å². The molecule has 1 saturated heterocycles. The molecule has 9 heteroatoms. The van der Waals surface area contributed by atoms with Crippen LogP contribution in [0.15, 0.2) is 6.07 Å². The quantitative estimate of drug-likeness (QED) is 0.820. The molecule has 104 valence electrons. The summed E-state index contributed by atoms with van der Waals surface area (Å²) in [4.78, 5) is 19.2. The minimum Gasteiger partial charge on any atom is -0.384 e. The molecule has 1 aromatic rings. The fourth-order valence-corrected chi connectivity index (χ4v) is 2.06. The summed E-state index contributed by atoms with van der Waals surface area (Å²) >= 11 is 0. The molecule has 2 heterocycles. The molecule has 1 amide bonds. The Kier molecular flexibility index (Phi) is 3.21. The molecule has 1 aliphatic rings. The Labute approximate surface area is 106 Å². The average molecular weight is 275 g/mol. The van der Waals surface area contributed by atoms with Crippen LogP contribution in [0.1, 0.15) is 18.7 Å². The highest BCUT2D eigenvalue weighted by molar-refractivity contribution is 5.84. The van der Waals surface area contributed by atoms with Gasteiger partial charge in [-0.05, 0) is 12.8 Å². The van der Waals surface area contributed by atoms with Gasteiger partial charge in [-0.15, -0.1) is 0 Å². The second-order valence-corrected chi connectivity index (χ2v) is 4.23. The SMILES string of the molecule is NC(=O)C1CCCN1c1cc(N)nc(C(F)(F)F)n1. The molecule has 0 aromatic carbocycles. The molecule has 2 rings (SSSR count). The normalized spacial score (nSPS) is 19.7. The van der Waals surface area contributed by atoms with E-state index in [4.69, 9.17) is 11.5 Å². The molecular weight excluding hydrogens is 263 g/mol. The maximum atomic E-state index is 12.6. The highest BCUT2D eigenvalue weighted by Gasteiger charge is 2.37. The number of hydrogen-bond donors (Lipinski definition) is 2. The van der Waals surface area contributed by atoms with Crippen LogP contribution in [-0.4, -0.2) is 28.5 Å². The molecule has 0 saturated carbocycles. The summed E-state index contributed by atoms with van der Waals surface area (Å²) in [7, 11) is 0. The Morgan fingerprint density at radius 1 is 1.42 bits per heavy atom. The van der Waals surface area contributed by atoms with E-state index in [1.54, 1.807) is 0 Å². The molecule has 6 nitrogen and oxygen atoms in total. The molecule has 19 heavy (non-hydrogen) atoms. The molecule has 4 N–H and O–H groups in total. The molecule has 0 aliphatic carbocycles. The van der Waals surface area contributed by atoms with Crippen LogP contribution in [0.4, 0.5) is 24.8 Å². The lowest BCUT2D eigenvalue weighted by molar-refractivity contribution is -0.144. The standard InChI is InChI=1S/C10H12F3N5O/c11-10(12,13)9-16-6(14)4-7(17-9)18-3-1-2-5(18)8(15)19/h4-5H,1-3H2,(H2,15,19)(H2,14,16,17). The summed E-state index contributed by atoms with van der Waals surface area (Å²) < 4.78 is 37.8. The van der Waals surface area contributed by atoms with Crippen LogP contribution >= 0.6 is 0 Å². The van der Waals surface area contributed by atoms with Gasteiger partial charge in [-0.1, -0.05) is 0 Å². The topological polar surface area (TPSA) is 98.1 Å². The van der Waals surface area contributed by atoms with Crippen LogP contribution < -0.4 is 16.4 Å². The minimum absolute atomic E-state index is 0.0267. The van der Waals surface area contributed by atoms with Gasteiger partial charge in [0.1, 0.15) is 17.7 Å². The van der Waals surface area contributed by atoms with E-state index in [-0.39, 0.29) is 11.6 Å². The predicted molar refractivity (Wildman–Crippen MR) is 61.0 cm³/mol. The zero-order chi connectivity index (χ0) is 14.2. The van der Waals surface area contributed by atoms with Gasteiger partial charge in [0.15, 0.2) is 0 Å². The summed E-state index contributed by atoms with van der Waals surface area (Å²) in [5.41, 5.74) is 10.6. The number of halogens is 3. The molecular formula is C10H12F3N5O. The number of nitrogens with two attached hydrogens (primary N) is 2. The second-order valence-electron chi connectivity index (χ2n) is 4.23. The van der Waals surface area contributed by atoms with Gasteiger partial charge < -0.3 is 16.4 Å². The molecule has 1 aromatic heterocycles. The number of carbonyl (C=O) groups is 1. The van der Waals surface area contributed by atoms with Crippen molar-refractivity contribution in [2.24, 2.45) is 5.73 Å². The van der Waals surface area contributed by atoms with Crippen molar-refractivity contribution < 1.29 is 18.0 Å². The van der Waals surface area contributed by atoms with Crippen molar-refractivity contribution in [3.63, 3.8) is 0 Å². The first-order valence-electron chi connectivity index (χ1n) is 5.57. The zero-order valence-corrected chi connectivity index (χ0v) is 9.81. The van der Waals surface area contributed by atoms with Crippen LogP contribution in [0.25, 0.3) is 0 Å². The van der Waals surface area contributed by atoms with Crippen LogP contribution in [-0.2, 0) is 11.0 Å². The van der Waals surface area contributed by atoms with Gasteiger partial charge >= 0.3 is 6.18 Å². The van der Waals surface area contributed by atoms with Crippen molar-refractivity contribution >= 4 is 17.5 Å². The van der Waals surface area contributed by atoms with Gasteiger partial charge in [0.25, 0.3) is 0 Å². The predicted octanol–water partition coefficient (Wildman–Crippen LogP) is 0.532. The number of rotatable bonds is 2. The van der Waals surface area contributed by atoms with E-state index < -0.39 is 23.9 Å². The Morgan fingerprint density at radius 2 is 2.11 bits per heavy atom. The van der Waals surface area contributed by atoms with Crippen LogP contribution in [0.2, 0.25) is 0 Å². The molecule has 0 radical (unpaired) electrons. The Morgan fingerprint density at radius 3 is 2.68 bits per heavy atom. The Hall–Kier alpha value is -2.06. The van der Waals surface area contributed by atoms with Crippen molar-refractivity contribution in [1.29, 1.82) is 0 Å². The lowest BCUT2D eigenvalue weighted by Gasteiger charge is -2.23. The number of alkyl halides is 3. The number of nitrogen functional groups attached to an aromatic ring is 1. The van der Waals surface area contributed by atoms with Gasteiger partial charge in [0, 0.05) is 12.6 Å². The van der Waals surface area contributed by atoms with E-state index in [0.29, 0.717) is 19.4 Å². The number of aromatic nitrogens is 2. The van der Waals surface area contributed by atoms with Gasteiger partial charge in [-0.2, -0.15) is 13.2 Å². The van der Waals surface area contributed by atoms with Crippen LogP contribution in [0.3, 0.4) is 0 Å². The van der Waals surface area contributed by atoms with Gasteiger partial charge in [-0.3, -0.25) is 4.79 Å². The lowest BCUT2D eigenvalue weighted by Crippen LogP contribution is -2.41. The summed E-state index contributed by atoms with van der Waals surface area (Å²) in [6.45, 7) is 0.404. The van der Waals surface area contributed by atoms with Gasteiger partial charge in [0.05, 0.1) is 0 Å². The van der Waals surface area contributed by atoms with Gasteiger partial charge in [-0.25, -0.2) is 9.97 Å². The Bertz CT molecular complexity index is 504. The largest absolute Gasteiger partial charge is 0.451 e. The van der Waals surface area contributed by atoms with Crippen molar-refractivity contribution in [3.8, 4) is 0 Å². The first-order valence-corrected chi connectivity index (χ1v) is 5.57. The zero-order valence-electron chi connectivity index (χ0n) is 9.81. The maximum absolute atomic E-state index is 12.6. The average Bonchev–Trinajstić information content (AvgIpc) is 2.75. The van der Waals surface area contributed by atoms with E-state index >= 15 is 0 Å². The number of nitrogens with zero attached hydrogens (tertiary/aromatic N) is 3. The molecule has 0 spiro atoms.